The summed E-state index contributed by atoms with van der Waals surface area (Å²) < 4.78 is 32.6. The Hall–Kier alpha value is -0.850. The Bertz CT molecular complexity index is 542. The zero-order valence-electron chi connectivity index (χ0n) is 11.8. The molecule has 0 amide bonds. The molecule has 0 radical (unpaired) electrons. The summed E-state index contributed by atoms with van der Waals surface area (Å²) in [6, 6.07) is 0. The van der Waals surface area contributed by atoms with Crippen molar-refractivity contribution in [3.8, 4) is 0 Å². The van der Waals surface area contributed by atoms with Gasteiger partial charge >= 0.3 is 0 Å². The van der Waals surface area contributed by atoms with Gasteiger partial charge in [-0.05, 0) is 33.7 Å². The molecule has 0 spiro atoms. The molecule has 19 heavy (non-hydrogen) atoms. The van der Waals surface area contributed by atoms with E-state index in [0.717, 1.165) is 24.8 Å². The van der Waals surface area contributed by atoms with Crippen LogP contribution in [0.3, 0.4) is 0 Å². The second kappa shape index (κ2) is 5.64. The minimum atomic E-state index is -3.43. The minimum Gasteiger partial charge on any atom is -0.465 e. The smallest absolute Gasteiger partial charge is 0.246 e. The highest BCUT2D eigenvalue weighted by molar-refractivity contribution is 7.89. The highest BCUT2D eigenvalue weighted by Crippen LogP contribution is 2.30. The first-order valence-corrected chi connectivity index (χ1v) is 8.16. The van der Waals surface area contributed by atoms with Gasteiger partial charge in [0.1, 0.15) is 16.4 Å². The van der Waals surface area contributed by atoms with Crippen molar-refractivity contribution in [2.24, 2.45) is 0 Å². The van der Waals surface area contributed by atoms with Gasteiger partial charge in [-0.25, -0.2) is 8.42 Å². The van der Waals surface area contributed by atoms with Gasteiger partial charge in [-0.1, -0.05) is 6.42 Å². The fourth-order valence-electron chi connectivity index (χ4n) is 2.66. The molecule has 108 valence electrons. The molecule has 1 aliphatic heterocycles. The van der Waals surface area contributed by atoms with Crippen LogP contribution in [-0.2, 0) is 16.6 Å². The SMILES string of the molecule is CNCc1c(C)oc(C)c1S(=O)(=O)N1CCCCC1. The van der Waals surface area contributed by atoms with Gasteiger partial charge in [0.05, 0.1) is 0 Å². The number of aryl methyl sites for hydroxylation is 2. The van der Waals surface area contributed by atoms with Crippen molar-refractivity contribution in [1.29, 1.82) is 0 Å². The molecule has 1 aliphatic rings. The molecule has 0 saturated carbocycles. The van der Waals surface area contributed by atoms with Crippen LogP contribution in [-0.4, -0.2) is 32.9 Å². The molecule has 0 aromatic carbocycles. The average molecular weight is 286 g/mol. The maximum absolute atomic E-state index is 12.8. The molecule has 1 aromatic heterocycles. The fourth-order valence-corrected chi connectivity index (χ4v) is 4.59. The second-order valence-electron chi connectivity index (χ2n) is 5.02. The van der Waals surface area contributed by atoms with E-state index < -0.39 is 10.0 Å². The fraction of sp³-hybridized carbons (Fsp3) is 0.692. The maximum atomic E-state index is 12.8. The lowest BCUT2D eigenvalue weighted by molar-refractivity contribution is 0.345. The molecule has 1 aromatic rings. The number of furan rings is 1. The molecule has 2 heterocycles. The molecule has 1 fully saturated rings. The molecule has 1 N–H and O–H groups in total. The third-order valence-electron chi connectivity index (χ3n) is 3.59. The normalized spacial score (nSPS) is 17.8. The quantitative estimate of drug-likeness (QED) is 0.916. The summed E-state index contributed by atoms with van der Waals surface area (Å²) in [5, 5.41) is 3.01. The zero-order chi connectivity index (χ0) is 14.0. The molecule has 0 unspecified atom stereocenters. The minimum absolute atomic E-state index is 0.362. The monoisotopic (exact) mass is 286 g/mol. The molecule has 2 rings (SSSR count). The summed E-state index contributed by atoms with van der Waals surface area (Å²) in [7, 11) is -1.62. The molecule has 0 atom stereocenters. The Morgan fingerprint density at radius 1 is 1.16 bits per heavy atom. The third kappa shape index (κ3) is 2.70. The van der Waals surface area contributed by atoms with Crippen LogP contribution < -0.4 is 5.32 Å². The van der Waals surface area contributed by atoms with E-state index in [2.05, 4.69) is 5.32 Å². The topological polar surface area (TPSA) is 62.6 Å². The van der Waals surface area contributed by atoms with Crippen LogP contribution in [0.25, 0.3) is 0 Å². The predicted octanol–water partition coefficient (Wildman–Crippen LogP) is 1.79. The first-order chi connectivity index (χ1) is 8.98. The number of nitrogens with one attached hydrogen (secondary N) is 1. The molecule has 1 saturated heterocycles. The number of hydrogen-bond acceptors (Lipinski definition) is 4. The van der Waals surface area contributed by atoms with Crippen LogP contribution in [0.15, 0.2) is 9.31 Å². The van der Waals surface area contributed by atoms with E-state index in [4.69, 9.17) is 4.42 Å². The van der Waals surface area contributed by atoms with Gasteiger partial charge in [-0.2, -0.15) is 4.31 Å². The summed E-state index contributed by atoms with van der Waals surface area (Å²) in [5.74, 6) is 1.18. The van der Waals surface area contributed by atoms with Crippen molar-refractivity contribution in [3.63, 3.8) is 0 Å². The number of rotatable bonds is 4. The van der Waals surface area contributed by atoms with Crippen molar-refractivity contribution < 1.29 is 12.8 Å². The van der Waals surface area contributed by atoms with Gasteiger partial charge in [0, 0.05) is 25.2 Å². The Morgan fingerprint density at radius 3 is 2.37 bits per heavy atom. The van der Waals surface area contributed by atoms with Gasteiger partial charge < -0.3 is 9.73 Å². The van der Waals surface area contributed by atoms with E-state index in [-0.39, 0.29) is 0 Å². The van der Waals surface area contributed by atoms with E-state index >= 15 is 0 Å². The number of piperidine rings is 1. The van der Waals surface area contributed by atoms with Crippen molar-refractivity contribution >= 4 is 10.0 Å². The lowest BCUT2D eigenvalue weighted by Crippen LogP contribution is -2.36. The van der Waals surface area contributed by atoms with Crippen molar-refractivity contribution in [1.82, 2.24) is 9.62 Å². The first kappa shape index (κ1) is 14.6. The predicted molar refractivity (Wildman–Crippen MR) is 73.6 cm³/mol. The zero-order valence-corrected chi connectivity index (χ0v) is 12.6. The van der Waals surface area contributed by atoms with Gasteiger partial charge in [-0.3, -0.25) is 0 Å². The van der Waals surface area contributed by atoms with E-state index in [1.165, 1.54) is 0 Å². The Morgan fingerprint density at radius 2 is 1.79 bits per heavy atom. The highest BCUT2D eigenvalue weighted by Gasteiger charge is 2.32. The number of sulfonamides is 1. The lowest BCUT2D eigenvalue weighted by Gasteiger charge is -2.26. The third-order valence-corrected chi connectivity index (χ3v) is 5.69. The van der Waals surface area contributed by atoms with E-state index in [9.17, 15) is 8.42 Å². The largest absolute Gasteiger partial charge is 0.465 e. The van der Waals surface area contributed by atoms with Crippen LogP contribution in [0.5, 0.6) is 0 Å². The highest BCUT2D eigenvalue weighted by atomic mass is 32.2. The van der Waals surface area contributed by atoms with Crippen LogP contribution in [0.2, 0.25) is 0 Å². The van der Waals surface area contributed by atoms with Gasteiger partial charge in [0.2, 0.25) is 10.0 Å². The maximum Gasteiger partial charge on any atom is 0.246 e. The molecular formula is C13H22N2O3S. The summed E-state index contributed by atoms with van der Waals surface area (Å²) in [5.41, 5.74) is 0.755. The standard InChI is InChI=1S/C13H22N2O3S/c1-10-12(9-14-3)13(11(2)18-10)19(16,17)15-7-5-4-6-8-15/h14H,4-9H2,1-3H3. The van der Waals surface area contributed by atoms with Crippen molar-refractivity contribution in [2.45, 2.75) is 44.6 Å². The molecule has 5 nitrogen and oxygen atoms in total. The Kier molecular flexibility index (Phi) is 4.32. The van der Waals surface area contributed by atoms with Crippen LogP contribution >= 0.6 is 0 Å². The Labute approximate surface area is 115 Å². The van der Waals surface area contributed by atoms with Gasteiger partial charge in [0.25, 0.3) is 0 Å². The van der Waals surface area contributed by atoms with Crippen LogP contribution in [0.1, 0.15) is 36.3 Å². The van der Waals surface area contributed by atoms with Crippen LogP contribution in [0.4, 0.5) is 0 Å². The van der Waals surface area contributed by atoms with Gasteiger partial charge in [-0.15, -0.1) is 0 Å². The number of hydrogen-bond donors (Lipinski definition) is 1. The van der Waals surface area contributed by atoms with E-state index in [1.807, 2.05) is 6.92 Å². The summed E-state index contributed by atoms with van der Waals surface area (Å²) in [6.45, 7) is 5.28. The molecule has 0 bridgehead atoms. The summed E-state index contributed by atoms with van der Waals surface area (Å²) in [4.78, 5) is 0.362. The number of nitrogens with zero attached hydrogens (tertiary/aromatic N) is 1. The van der Waals surface area contributed by atoms with E-state index in [0.29, 0.717) is 36.1 Å². The molecule has 6 heteroatoms. The Balaban J connectivity index is 2.44. The lowest BCUT2D eigenvalue weighted by atomic mass is 10.2. The van der Waals surface area contributed by atoms with Gasteiger partial charge in [0.15, 0.2) is 0 Å². The first-order valence-electron chi connectivity index (χ1n) is 6.72. The summed E-state index contributed by atoms with van der Waals surface area (Å²) in [6.07, 6.45) is 2.99. The average Bonchev–Trinajstić information content (AvgIpc) is 2.66. The van der Waals surface area contributed by atoms with Crippen molar-refractivity contribution in [2.75, 3.05) is 20.1 Å². The molecular weight excluding hydrogens is 264 g/mol. The molecule has 0 aliphatic carbocycles. The van der Waals surface area contributed by atoms with E-state index in [1.54, 1.807) is 18.3 Å². The van der Waals surface area contributed by atoms with Crippen molar-refractivity contribution in [3.05, 3.63) is 17.1 Å². The van der Waals surface area contributed by atoms with Crippen LogP contribution in [0, 0.1) is 13.8 Å². The second-order valence-corrected chi connectivity index (χ2v) is 6.89. The summed E-state index contributed by atoms with van der Waals surface area (Å²) >= 11 is 0.